The van der Waals surface area contributed by atoms with Crippen LogP contribution in [0.3, 0.4) is 0 Å². The number of hydrogen-bond donors (Lipinski definition) is 4. The van der Waals surface area contributed by atoms with Gasteiger partial charge in [0.2, 0.25) is 0 Å². The number of benzene rings is 3. The van der Waals surface area contributed by atoms with Gasteiger partial charge in [-0.1, -0.05) is 71.4 Å². The summed E-state index contributed by atoms with van der Waals surface area (Å²) in [5.74, 6) is 0.671. The molecular formula is C28H30ClNO7. The number of nitrogens with zero attached hydrogens (tertiary/aromatic N) is 1. The lowest BCUT2D eigenvalue weighted by molar-refractivity contribution is -0.231. The molecule has 1 heterocycles. The number of oxime groups is 1. The van der Waals surface area contributed by atoms with Crippen LogP contribution in [0.15, 0.2) is 78.0 Å². The second kappa shape index (κ2) is 12.5. The van der Waals surface area contributed by atoms with Crippen molar-refractivity contribution >= 4 is 17.3 Å². The van der Waals surface area contributed by atoms with Gasteiger partial charge in [-0.25, -0.2) is 0 Å². The topological polar surface area (TPSA) is 121 Å². The van der Waals surface area contributed by atoms with Gasteiger partial charge in [-0.05, 0) is 41.3 Å². The van der Waals surface area contributed by atoms with Crippen molar-refractivity contribution < 1.29 is 34.7 Å². The average Bonchev–Trinajstić information content (AvgIpc) is 2.92. The maximum absolute atomic E-state index is 10.5. The van der Waals surface area contributed by atoms with Crippen LogP contribution in [0.1, 0.15) is 28.4 Å². The van der Waals surface area contributed by atoms with Crippen molar-refractivity contribution in [3.8, 4) is 5.75 Å². The average molecular weight is 528 g/mol. The van der Waals surface area contributed by atoms with Crippen LogP contribution >= 0.6 is 11.6 Å². The third kappa shape index (κ3) is 6.48. The van der Waals surface area contributed by atoms with Crippen molar-refractivity contribution in [3.63, 3.8) is 0 Å². The predicted octanol–water partition coefficient (Wildman–Crippen LogP) is 2.88. The first kappa shape index (κ1) is 27.1. The molecule has 0 bridgehead atoms. The Hall–Kier alpha value is -2.98. The van der Waals surface area contributed by atoms with Gasteiger partial charge in [-0.3, -0.25) is 0 Å². The maximum atomic E-state index is 10.5. The first-order chi connectivity index (χ1) is 17.9. The zero-order chi connectivity index (χ0) is 26.4. The molecular weight excluding hydrogens is 498 g/mol. The van der Waals surface area contributed by atoms with E-state index in [-0.39, 0.29) is 6.61 Å². The van der Waals surface area contributed by atoms with Gasteiger partial charge in [0.15, 0.2) is 0 Å². The lowest BCUT2D eigenvalue weighted by Gasteiger charge is -2.40. The van der Waals surface area contributed by atoms with E-state index in [1.165, 1.54) is 7.11 Å². The molecule has 196 valence electrons. The van der Waals surface area contributed by atoms with Gasteiger partial charge >= 0.3 is 0 Å². The molecule has 0 saturated carbocycles. The third-order valence-corrected chi connectivity index (χ3v) is 6.66. The molecule has 4 rings (SSSR count). The maximum Gasteiger partial charge on any atom is 0.134 e. The van der Waals surface area contributed by atoms with Crippen LogP contribution in [-0.2, 0) is 16.0 Å². The van der Waals surface area contributed by atoms with Crippen molar-refractivity contribution in [3.05, 3.63) is 100 Å². The summed E-state index contributed by atoms with van der Waals surface area (Å²) < 4.78 is 11.6. The molecule has 3 aromatic rings. The van der Waals surface area contributed by atoms with E-state index >= 15 is 0 Å². The number of aliphatic hydroxyl groups excluding tert-OH is 4. The minimum absolute atomic E-state index is 0.240. The molecule has 5 atom stereocenters. The van der Waals surface area contributed by atoms with Crippen LogP contribution in [-0.4, -0.2) is 70.9 Å². The van der Waals surface area contributed by atoms with Crippen LogP contribution < -0.4 is 4.74 Å². The summed E-state index contributed by atoms with van der Waals surface area (Å²) in [5.41, 5.74) is 3.94. The highest BCUT2D eigenvalue weighted by molar-refractivity contribution is 6.31. The summed E-state index contributed by atoms with van der Waals surface area (Å²) in [6, 6.07) is 22.4. The van der Waals surface area contributed by atoms with E-state index in [2.05, 4.69) is 5.16 Å². The zero-order valence-corrected chi connectivity index (χ0v) is 21.0. The third-order valence-electron chi connectivity index (χ3n) is 6.29. The van der Waals surface area contributed by atoms with E-state index in [0.717, 1.165) is 16.7 Å². The summed E-state index contributed by atoms with van der Waals surface area (Å²) in [5, 5.41) is 44.8. The fourth-order valence-corrected chi connectivity index (χ4v) is 4.45. The van der Waals surface area contributed by atoms with E-state index in [1.807, 2.05) is 54.6 Å². The molecule has 1 aliphatic rings. The van der Waals surface area contributed by atoms with E-state index < -0.39 is 37.1 Å². The SMILES string of the molecule is CON=C(COc1ccc(Cc2cc([C@@H]3O[C@H](CO)[C@@H](O)[C@H](O)[C@H]3O)ccc2Cl)cc1)c1ccccc1. The molecule has 0 amide bonds. The van der Waals surface area contributed by atoms with E-state index in [1.54, 1.807) is 18.2 Å². The zero-order valence-electron chi connectivity index (χ0n) is 20.3. The summed E-state index contributed by atoms with van der Waals surface area (Å²) in [6.07, 6.45) is -5.61. The number of rotatable bonds is 9. The monoisotopic (exact) mass is 527 g/mol. The molecule has 0 aliphatic carbocycles. The Labute approximate surface area is 220 Å². The molecule has 1 aliphatic heterocycles. The smallest absolute Gasteiger partial charge is 0.134 e. The van der Waals surface area contributed by atoms with Crippen LogP contribution in [0.2, 0.25) is 5.02 Å². The van der Waals surface area contributed by atoms with Crippen LogP contribution in [0, 0.1) is 0 Å². The Kier molecular flexibility index (Phi) is 9.15. The fourth-order valence-electron chi connectivity index (χ4n) is 4.26. The van der Waals surface area contributed by atoms with Gasteiger partial charge in [-0.2, -0.15) is 0 Å². The molecule has 3 aromatic carbocycles. The van der Waals surface area contributed by atoms with Crippen molar-refractivity contribution in [1.29, 1.82) is 0 Å². The molecule has 0 aromatic heterocycles. The van der Waals surface area contributed by atoms with Crippen molar-refractivity contribution in [2.24, 2.45) is 5.16 Å². The van der Waals surface area contributed by atoms with Crippen molar-refractivity contribution in [2.45, 2.75) is 36.9 Å². The Balaban J connectivity index is 1.44. The Morgan fingerprint density at radius 1 is 0.946 bits per heavy atom. The van der Waals surface area contributed by atoms with E-state index in [0.29, 0.717) is 28.5 Å². The number of hydrogen-bond acceptors (Lipinski definition) is 8. The summed E-state index contributed by atoms with van der Waals surface area (Å²) in [4.78, 5) is 4.96. The standard InChI is InChI=1S/C28H30ClNO7/c1-35-30-23(18-5-3-2-4-6-18)16-36-21-10-7-17(8-11-21)13-20-14-19(9-12-22(20)29)28-27(34)26(33)25(32)24(15-31)37-28/h2-12,14,24-28,31-34H,13,15-16H2,1H3/t24-,25-,26+,27-,28+/m1/s1. The molecule has 1 saturated heterocycles. The van der Waals surface area contributed by atoms with Crippen molar-refractivity contribution in [2.75, 3.05) is 20.3 Å². The minimum atomic E-state index is -1.45. The van der Waals surface area contributed by atoms with Gasteiger partial charge < -0.3 is 34.7 Å². The molecule has 8 nitrogen and oxygen atoms in total. The molecule has 9 heteroatoms. The van der Waals surface area contributed by atoms with Crippen LogP contribution in [0.25, 0.3) is 0 Å². The fraction of sp³-hybridized carbons (Fsp3) is 0.321. The highest BCUT2D eigenvalue weighted by Crippen LogP contribution is 2.34. The summed E-state index contributed by atoms with van der Waals surface area (Å²) in [6.45, 7) is -0.245. The number of halogens is 1. The second-order valence-electron chi connectivity index (χ2n) is 8.80. The Bertz CT molecular complexity index is 1190. The molecule has 1 fully saturated rings. The largest absolute Gasteiger partial charge is 0.487 e. The van der Waals surface area contributed by atoms with Gasteiger partial charge in [0.1, 0.15) is 55.7 Å². The summed E-state index contributed by atoms with van der Waals surface area (Å²) in [7, 11) is 1.50. The highest BCUT2D eigenvalue weighted by Gasteiger charge is 2.44. The van der Waals surface area contributed by atoms with Crippen LogP contribution in [0.4, 0.5) is 0 Å². The van der Waals surface area contributed by atoms with E-state index in [9.17, 15) is 20.4 Å². The number of aliphatic hydroxyl groups is 4. The number of ether oxygens (including phenoxy) is 2. The molecule has 37 heavy (non-hydrogen) atoms. The normalized spacial score (nSPS) is 24.1. The Morgan fingerprint density at radius 2 is 1.68 bits per heavy atom. The molecule has 4 N–H and O–H groups in total. The predicted molar refractivity (Wildman–Crippen MR) is 139 cm³/mol. The molecule has 0 radical (unpaired) electrons. The van der Waals surface area contributed by atoms with Gasteiger partial charge in [0, 0.05) is 10.6 Å². The lowest BCUT2D eigenvalue weighted by atomic mass is 9.90. The van der Waals surface area contributed by atoms with Crippen molar-refractivity contribution in [1.82, 2.24) is 0 Å². The van der Waals surface area contributed by atoms with Gasteiger partial charge in [0.05, 0.1) is 6.61 Å². The summed E-state index contributed by atoms with van der Waals surface area (Å²) >= 11 is 6.45. The highest BCUT2D eigenvalue weighted by atomic mass is 35.5. The van der Waals surface area contributed by atoms with Gasteiger partial charge in [0.25, 0.3) is 0 Å². The van der Waals surface area contributed by atoms with Crippen LogP contribution in [0.5, 0.6) is 5.75 Å². The lowest BCUT2D eigenvalue weighted by Crippen LogP contribution is -2.55. The first-order valence-corrected chi connectivity index (χ1v) is 12.2. The molecule has 0 unspecified atom stereocenters. The second-order valence-corrected chi connectivity index (χ2v) is 9.20. The van der Waals surface area contributed by atoms with Gasteiger partial charge in [-0.15, -0.1) is 0 Å². The van der Waals surface area contributed by atoms with E-state index in [4.69, 9.17) is 25.9 Å². The minimum Gasteiger partial charge on any atom is -0.487 e. The first-order valence-electron chi connectivity index (χ1n) is 11.9. The molecule has 0 spiro atoms. The Morgan fingerprint density at radius 3 is 2.35 bits per heavy atom. The quantitative estimate of drug-likeness (QED) is 0.249.